The van der Waals surface area contributed by atoms with Crippen LogP contribution in [0.1, 0.15) is 5.56 Å². The third kappa shape index (κ3) is 1.37. The normalized spacial score (nSPS) is 13.1. The highest BCUT2D eigenvalue weighted by molar-refractivity contribution is 7.98. The molecule has 4 heteroatoms. The first-order valence-electron chi connectivity index (χ1n) is 4.65. The van der Waals surface area contributed by atoms with Gasteiger partial charge < -0.3 is 0 Å². The van der Waals surface area contributed by atoms with Crippen molar-refractivity contribution >= 4 is 11.8 Å². The van der Waals surface area contributed by atoms with E-state index in [9.17, 15) is 4.79 Å². The standard InChI is InChI=1S/C11H8N2OS/c14-10-5-7-6-15-9-4-2-1-3-8(9)11(7)13-12-10/h1-5H,6H2,(H,12,14). The molecule has 15 heavy (non-hydrogen) atoms. The zero-order valence-electron chi connectivity index (χ0n) is 7.86. The summed E-state index contributed by atoms with van der Waals surface area (Å²) in [7, 11) is 0. The molecule has 1 aromatic carbocycles. The Bertz CT molecular complexity index is 577. The first-order valence-corrected chi connectivity index (χ1v) is 5.64. The van der Waals surface area contributed by atoms with E-state index in [0.29, 0.717) is 0 Å². The minimum absolute atomic E-state index is 0.131. The van der Waals surface area contributed by atoms with Crippen molar-refractivity contribution in [3.63, 3.8) is 0 Å². The Morgan fingerprint density at radius 1 is 1.33 bits per heavy atom. The molecule has 1 aromatic heterocycles. The van der Waals surface area contributed by atoms with Gasteiger partial charge in [0.1, 0.15) is 0 Å². The molecule has 0 bridgehead atoms. The van der Waals surface area contributed by atoms with E-state index in [1.165, 1.54) is 4.90 Å². The molecule has 2 heterocycles. The van der Waals surface area contributed by atoms with E-state index < -0.39 is 0 Å². The van der Waals surface area contributed by atoms with Gasteiger partial charge in [-0.2, -0.15) is 5.10 Å². The Morgan fingerprint density at radius 3 is 3.13 bits per heavy atom. The minimum atomic E-state index is -0.131. The van der Waals surface area contributed by atoms with Crippen molar-refractivity contribution in [2.75, 3.05) is 0 Å². The molecule has 0 saturated carbocycles. The highest BCUT2D eigenvalue weighted by atomic mass is 32.2. The molecule has 0 atom stereocenters. The number of fused-ring (bicyclic) bond motifs is 3. The quantitative estimate of drug-likeness (QED) is 0.733. The van der Waals surface area contributed by atoms with E-state index in [1.807, 2.05) is 18.2 Å². The van der Waals surface area contributed by atoms with Crippen LogP contribution in [0.2, 0.25) is 0 Å². The molecule has 0 spiro atoms. The summed E-state index contributed by atoms with van der Waals surface area (Å²) in [5, 5.41) is 6.59. The van der Waals surface area contributed by atoms with Gasteiger partial charge >= 0.3 is 0 Å². The van der Waals surface area contributed by atoms with Crippen LogP contribution in [-0.4, -0.2) is 10.2 Å². The topological polar surface area (TPSA) is 45.8 Å². The second kappa shape index (κ2) is 3.24. The molecule has 1 aliphatic heterocycles. The van der Waals surface area contributed by atoms with E-state index in [-0.39, 0.29) is 5.56 Å². The summed E-state index contributed by atoms with van der Waals surface area (Å²) >= 11 is 1.75. The van der Waals surface area contributed by atoms with Crippen LogP contribution < -0.4 is 5.56 Å². The first-order chi connectivity index (χ1) is 7.34. The largest absolute Gasteiger partial charge is 0.268 e. The molecule has 0 radical (unpaired) electrons. The molecule has 1 aliphatic rings. The molecule has 0 unspecified atom stereocenters. The Hall–Kier alpha value is -1.55. The summed E-state index contributed by atoms with van der Waals surface area (Å²) in [6.45, 7) is 0. The Labute approximate surface area is 90.5 Å². The fourth-order valence-electron chi connectivity index (χ4n) is 1.73. The molecular formula is C11H8N2OS. The Morgan fingerprint density at radius 2 is 2.20 bits per heavy atom. The maximum Gasteiger partial charge on any atom is 0.264 e. The SMILES string of the molecule is O=c1cc2c(n[nH]1)-c1ccccc1SC2. The maximum atomic E-state index is 11.1. The number of rotatable bonds is 0. The predicted molar refractivity (Wildman–Crippen MR) is 59.9 cm³/mol. The molecule has 74 valence electrons. The van der Waals surface area contributed by atoms with E-state index in [0.717, 1.165) is 22.6 Å². The molecule has 0 fully saturated rings. The van der Waals surface area contributed by atoms with Gasteiger partial charge in [-0.1, -0.05) is 18.2 Å². The number of H-pyrrole nitrogens is 1. The third-order valence-electron chi connectivity index (χ3n) is 2.41. The number of nitrogens with one attached hydrogen (secondary N) is 1. The van der Waals surface area contributed by atoms with Crippen molar-refractivity contribution in [3.05, 3.63) is 46.2 Å². The Kier molecular flexibility index (Phi) is 1.89. The summed E-state index contributed by atoms with van der Waals surface area (Å²) in [4.78, 5) is 12.4. The number of thioether (sulfide) groups is 1. The van der Waals surface area contributed by atoms with Gasteiger partial charge in [-0.3, -0.25) is 4.79 Å². The van der Waals surface area contributed by atoms with Gasteiger partial charge in [0.05, 0.1) is 5.69 Å². The van der Waals surface area contributed by atoms with Gasteiger partial charge in [-0.25, -0.2) is 5.10 Å². The van der Waals surface area contributed by atoms with E-state index in [2.05, 4.69) is 16.3 Å². The van der Waals surface area contributed by atoms with Gasteiger partial charge in [0, 0.05) is 22.3 Å². The van der Waals surface area contributed by atoms with Crippen molar-refractivity contribution < 1.29 is 0 Å². The average Bonchev–Trinajstić information content (AvgIpc) is 2.28. The van der Waals surface area contributed by atoms with Gasteiger partial charge in [-0.15, -0.1) is 11.8 Å². The van der Waals surface area contributed by atoms with E-state index >= 15 is 0 Å². The van der Waals surface area contributed by atoms with Gasteiger partial charge in [0.2, 0.25) is 0 Å². The summed E-state index contributed by atoms with van der Waals surface area (Å²) in [5.41, 5.74) is 2.90. The number of nitrogens with zero attached hydrogens (tertiary/aromatic N) is 1. The lowest BCUT2D eigenvalue weighted by Crippen LogP contribution is -2.11. The average molecular weight is 216 g/mol. The fourth-order valence-corrected chi connectivity index (χ4v) is 2.75. The second-order valence-electron chi connectivity index (χ2n) is 3.39. The lowest BCUT2D eigenvalue weighted by molar-refractivity contribution is 0.971. The Balaban J connectivity index is 2.30. The van der Waals surface area contributed by atoms with Crippen LogP contribution in [0.25, 0.3) is 11.3 Å². The molecule has 0 aliphatic carbocycles. The lowest BCUT2D eigenvalue weighted by atomic mass is 10.1. The zero-order valence-corrected chi connectivity index (χ0v) is 8.67. The monoisotopic (exact) mass is 216 g/mol. The van der Waals surface area contributed by atoms with Crippen molar-refractivity contribution in [3.8, 4) is 11.3 Å². The van der Waals surface area contributed by atoms with Crippen LogP contribution in [-0.2, 0) is 5.75 Å². The minimum Gasteiger partial charge on any atom is -0.268 e. The van der Waals surface area contributed by atoms with Gasteiger partial charge in [0.25, 0.3) is 5.56 Å². The van der Waals surface area contributed by atoms with Crippen LogP contribution in [0.3, 0.4) is 0 Å². The highest BCUT2D eigenvalue weighted by Gasteiger charge is 2.17. The summed E-state index contributed by atoms with van der Waals surface area (Å²) in [6, 6.07) is 9.75. The summed E-state index contributed by atoms with van der Waals surface area (Å²) in [5.74, 6) is 0.823. The molecule has 1 N–H and O–H groups in total. The van der Waals surface area contributed by atoms with Crippen LogP contribution in [0.5, 0.6) is 0 Å². The molecule has 3 rings (SSSR count). The number of benzene rings is 1. The van der Waals surface area contributed by atoms with E-state index in [4.69, 9.17) is 0 Å². The maximum absolute atomic E-state index is 11.1. The number of aromatic nitrogens is 2. The van der Waals surface area contributed by atoms with E-state index in [1.54, 1.807) is 17.8 Å². The number of hydrogen-bond donors (Lipinski definition) is 1. The van der Waals surface area contributed by atoms with Crippen LogP contribution in [0, 0.1) is 0 Å². The molecule has 3 nitrogen and oxygen atoms in total. The van der Waals surface area contributed by atoms with Gasteiger partial charge in [0.15, 0.2) is 0 Å². The predicted octanol–water partition coefficient (Wildman–Crippen LogP) is 2.04. The summed E-state index contributed by atoms with van der Waals surface area (Å²) < 4.78 is 0. The third-order valence-corrected chi connectivity index (χ3v) is 3.54. The second-order valence-corrected chi connectivity index (χ2v) is 4.41. The molecule has 0 amide bonds. The zero-order chi connectivity index (χ0) is 10.3. The smallest absolute Gasteiger partial charge is 0.264 e. The molecule has 2 aromatic rings. The fraction of sp³-hybridized carbons (Fsp3) is 0.0909. The van der Waals surface area contributed by atoms with Crippen molar-refractivity contribution in [2.45, 2.75) is 10.6 Å². The van der Waals surface area contributed by atoms with Crippen LogP contribution in [0.15, 0.2) is 40.0 Å². The van der Waals surface area contributed by atoms with Crippen molar-refractivity contribution in [1.82, 2.24) is 10.2 Å². The van der Waals surface area contributed by atoms with Crippen molar-refractivity contribution in [2.24, 2.45) is 0 Å². The molecule has 0 saturated heterocycles. The lowest BCUT2D eigenvalue weighted by Gasteiger charge is -2.16. The molecular weight excluding hydrogens is 208 g/mol. The highest BCUT2D eigenvalue weighted by Crippen LogP contribution is 2.38. The van der Waals surface area contributed by atoms with Crippen LogP contribution >= 0.6 is 11.8 Å². The first kappa shape index (κ1) is 8.73. The number of aromatic amines is 1. The van der Waals surface area contributed by atoms with Gasteiger partial charge in [-0.05, 0) is 11.6 Å². The number of hydrogen-bond acceptors (Lipinski definition) is 3. The van der Waals surface area contributed by atoms with Crippen LogP contribution in [0.4, 0.5) is 0 Å². The van der Waals surface area contributed by atoms with Crippen molar-refractivity contribution in [1.29, 1.82) is 0 Å². The summed E-state index contributed by atoms with van der Waals surface area (Å²) in [6.07, 6.45) is 0.